The molecule has 2 aromatic rings. The van der Waals surface area contributed by atoms with E-state index in [-0.39, 0.29) is 5.92 Å². The van der Waals surface area contributed by atoms with E-state index in [1.165, 1.54) is 49.7 Å². The molecule has 39 heavy (non-hydrogen) atoms. The molecule has 0 spiro atoms. The van der Waals surface area contributed by atoms with Crippen LogP contribution in [0, 0.1) is 23.7 Å². The Morgan fingerprint density at radius 3 is 2.28 bits per heavy atom. The van der Waals surface area contributed by atoms with Gasteiger partial charge in [-0.25, -0.2) is 0 Å². The first kappa shape index (κ1) is 29.3. The van der Waals surface area contributed by atoms with Crippen LogP contribution >= 0.6 is 0 Å². The molecule has 4 heteroatoms. The first-order valence-corrected chi connectivity index (χ1v) is 15.7. The Balaban J connectivity index is 1.39. The Bertz CT molecular complexity index is 1040. The van der Waals surface area contributed by atoms with Crippen molar-refractivity contribution in [1.82, 2.24) is 14.8 Å². The minimum absolute atomic E-state index is 0.196. The van der Waals surface area contributed by atoms with Gasteiger partial charge in [0.25, 0.3) is 0 Å². The van der Waals surface area contributed by atoms with Gasteiger partial charge in [0.15, 0.2) is 0 Å². The molecule has 0 atom stereocenters. The molecule has 4 nitrogen and oxygen atoms in total. The smallest absolute Gasteiger partial charge is 0.226 e. The third kappa shape index (κ3) is 9.21. The molecule has 1 aliphatic carbocycles. The average molecular weight is 528 g/mol. The molecule has 2 heterocycles. The predicted molar refractivity (Wildman–Crippen MR) is 161 cm³/mol. The van der Waals surface area contributed by atoms with E-state index >= 15 is 0 Å². The Labute approximate surface area is 237 Å². The van der Waals surface area contributed by atoms with Crippen LogP contribution < -0.4 is 0 Å². The number of rotatable bonds is 11. The standard InChI is InChI=1S/C35H49N3O/c1-3-5-7-9-29-11-13-31(14-12-29)28-38(35(39)33-17-15-30(16-18-33)10-8-6-4-2)34-21-25-37(26-22-34)27-32-19-23-36-24-20-32/h11-14,19-20,23-24,30,33-34H,3-6,8,10,15-18,21-22,25-28H2,1-2H3/t30-,33-. The van der Waals surface area contributed by atoms with Gasteiger partial charge >= 0.3 is 0 Å². The van der Waals surface area contributed by atoms with Gasteiger partial charge in [-0.2, -0.15) is 0 Å². The minimum Gasteiger partial charge on any atom is -0.335 e. The Hall–Kier alpha value is -2.64. The highest BCUT2D eigenvalue weighted by Crippen LogP contribution is 2.34. The number of hydrogen-bond donors (Lipinski definition) is 0. The lowest BCUT2D eigenvalue weighted by Crippen LogP contribution is -2.49. The van der Waals surface area contributed by atoms with E-state index in [0.717, 1.165) is 69.6 Å². The number of amides is 1. The van der Waals surface area contributed by atoms with Crippen LogP contribution in [0.4, 0.5) is 0 Å². The summed E-state index contributed by atoms with van der Waals surface area (Å²) in [6.07, 6.45) is 17.8. The van der Waals surface area contributed by atoms with Crippen LogP contribution in [0.3, 0.4) is 0 Å². The number of aromatic nitrogens is 1. The number of carbonyl (C=O) groups is 1. The van der Waals surface area contributed by atoms with Crippen molar-refractivity contribution in [3.63, 3.8) is 0 Å². The Kier molecular flexibility index (Phi) is 11.9. The third-order valence-corrected chi connectivity index (χ3v) is 8.76. The van der Waals surface area contributed by atoms with Gasteiger partial charge in [-0.3, -0.25) is 14.7 Å². The number of pyridine rings is 1. The molecule has 2 aliphatic rings. The molecule has 210 valence electrons. The quantitative estimate of drug-likeness (QED) is 0.223. The lowest BCUT2D eigenvalue weighted by molar-refractivity contribution is -0.141. The van der Waals surface area contributed by atoms with Crippen LogP contribution in [0.15, 0.2) is 48.8 Å². The SMILES string of the molecule is CCCC#Cc1ccc(CN(C(=O)[C@H]2CC[C@H](CCCCC)CC2)C2CCN(Cc3ccncc3)CC2)cc1. The molecule has 0 N–H and O–H groups in total. The van der Waals surface area contributed by atoms with E-state index < -0.39 is 0 Å². The van der Waals surface area contributed by atoms with E-state index in [2.05, 4.69) is 76.9 Å². The molecule has 0 bridgehead atoms. The van der Waals surface area contributed by atoms with Crippen LogP contribution in [0.25, 0.3) is 0 Å². The van der Waals surface area contributed by atoms with E-state index in [0.29, 0.717) is 18.5 Å². The fraction of sp³-hybridized carbons (Fsp3) is 0.600. The summed E-state index contributed by atoms with van der Waals surface area (Å²) < 4.78 is 0. The summed E-state index contributed by atoms with van der Waals surface area (Å²) in [5, 5.41) is 0. The van der Waals surface area contributed by atoms with Gasteiger partial charge in [0, 0.05) is 62.5 Å². The zero-order valence-electron chi connectivity index (χ0n) is 24.4. The zero-order chi connectivity index (χ0) is 27.3. The second-order valence-corrected chi connectivity index (χ2v) is 11.8. The molecular weight excluding hydrogens is 478 g/mol. The van der Waals surface area contributed by atoms with Crippen molar-refractivity contribution in [3.05, 3.63) is 65.5 Å². The van der Waals surface area contributed by atoms with Gasteiger partial charge in [0.2, 0.25) is 5.91 Å². The first-order chi connectivity index (χ1) is 19.2. The van der Waals surface area contributed by atoms with Gasteiger partial charge < -0.3 is 4.90 Å². The number of piperidine rings is 1. The number of carbonyl (C=O) groups excluding carboxylic acids is 1. The zero-order valence-corrected chi connectivity index (χ0v) is 24.4. The van der Waals surface area contributed by atoms with E-state index in [9.17, 15) is 4.79 Å². The molecule has 0 unspecified atom stereocenters. The van der Waals surface area contributed by atoms with Gasteiger partial charge in [-0.05, 0) is 86.3 Å². The summed E-state index contributed by atoms with van der Waals surface area (Å²) in [6.45, 7) is 8.19. The molecule has 4 rings (SSSR count). The maximum absolute atomic E-state index is 14.1. The Morgan fingerprint density at radius 1 is 0.897 bits per heavy atom. The first-order valence-electron chi connectivity index (χ1n) is 15.7. The maximum Gasteiger partial charge on any atom is 0.226 e. The monoisotopic (exact) mass is 527 g/mol. The summed E-state index contributed by atoms with van der Waals surface area (Å²) >= 11 is 0. The van der Waals surface area contributed by atoms with Crippen LogP contribution in [0.2, 0.25) is 0 Å². The second-order valence-electron chi connectivity index (χ2n) is 11.8. The average Bonchev–Trinajstić information content (AvgIpc) is 2.98. The molecule has 1 amide bonds. The van der Waals surface area contributed by atoms with E-state index in [1.807, 2.05) is 12.4 Å². The molecule has 1 saturated carbocycles. The highest BCUT2D eigenvalue weighted by Gasteiger charge is 2.34. The number of unbranched alkanes of at least 4 members (excludes halogenated alkanes) is 3. The predicted octanol–water partition coefficient (Wildman–Crippen LogP) is 7.61. The summed E-state index contributed by atoms with van der Waals surface area (Å²) in [6, 6.07) is 13.1. The summed E-state index contributed by atoms with van der Waals surface area (Å²) in [4.78, 5) is 23.0. The molecular formula is C35H49N3O. The van der Waals surface area contributed by atoms with Crippen LogP contribution in [0.1, 0.15) is 108 Å². The topological polar surface area (TPSA) is 36.4 Å². The maximum atomic E-state index is 14.1. The lowest BCUT2D eigenvalue weighted by atomic mass is 9.79. The van der Waals surface area contributed by atoms with Crippen molar-refractivity contribution in [2.24, 2.45) is 11.8 Å². The van der Waals surface area contributed by atoms with Crippen molar-refractivity contribution in [1.29, 1.82) is 0 Å². The van der Waals surface area contributed by atoms with Gasteiger partial charge in [-0.15, -0.1) is 0 Å². The molecule has 0 radical (unpaired) electrons. The fourth-order valence-electron chi connectivity index (χ4n) is 6.32. The summed E-state index contributed by atoms with van der Waals surface area (Å²) in [5.41, 5.74) is 3.60. The number of nitrogens with zero attached hydrogens (tertiary/aromatic N) is 3. The molecule has 1 aliphatic heterocycles. The molecule has 1 saturated heterocycles. The van der Waals surface area contributed by atoms with Crippen LogP contribution in [-0.2, 0) is 17.9 Å². The molecule has 2 fully saturated rings. The van der Waals surface area contributed by atoms with Gasteiger partial charge in [0.05, 0.1) is 0 Å². The highest BCUT2D eigenvalue weighted by molar-refractivity contribution is 5.79. The van der Waals surface area contributed by atoms with Crippen LogP contribution in [-0.4, -0.2) is 39.8 Å². The van der Waals surface area contributed by atoms with Crippen molar-refractivity contribution in [3.8, 4) is 11.8 Å². The normalized spacial score (nSPS) is 20.3. The highest BCUT2D eigenvalue weighted by atomic mass is 16.2. The number of benzene rings is 1. The summed E-state index contributed by atoms with van der Waals surface area (Å²) in [7, 11) is 0. The van der Waals surface area contributed by atoms with E-state index in [1.54, 1.807) is 0 Å². The van der Waals surface area contributed by atoms with Gasteiger partial charge in [-0.1, -0.05) is 63.5 Å². The van der Waals surface area contributed by atoms with Crippen molar-refractivity contribution in [2.75, 3.05) is 13.1 Å². The van der Waals surface area contributed by atoms with Crippen molar-refractivity contribution >= 4 is 5.91 Å². The number of hydrogen-bond acceptors (Lipinski definition) is 3. The number of likely N-dealkylation sites (tertiary alicyclic amines) is 1. The molecule has 1 aromatic heterocycles. The second kappa shape index (κ2) is 15.8. The van der Waals surface area contributed by atoms with Crippen molar-refractivity contribution in [2.45, 2.75) is 110 Å². The Morgan fingerprint density at radius 2 is 1.62 bits per heavy atom. The third-order valence-electron chi connectivity index (χ3n) is 8.76. The van der Waals surface area contributed by atoms with Crippen LogP contribution in [0.5, 0.6) is 0 Å². The lowest BCUT2D eigenvalue weighted by Gasteiger charge is -2.41. The fourth-order valence-corrected chi connectivity index (χ4v) is 6.32. The summed E-state index contributed by atoms with van der Waals surface area (Å²) in [5.74, 6) is 7.94. The van der Waals surface area contributed by atoms with Gasteiger partial charge in [0.1, 0.15) is 0 Å². The minimum atomic E-state index is 0.196. The van der Waals surface area contributed by atoms with Crippen molar-refractivity contribution < 1.29 is 4.79 Å². The largest absolute Gasteiger partial charge is 0.335 e. The molecule has 1 aromatic carbocycles. The van der Waals surface area contributed by atoms with E-state index in [4.69, 9.17) is 0 Å².